The van der Waals surface area contributed by atoms with E-state index in [1.165, 1.54) is 48.5 Å². The molecule has 0 aromatic heterocycles. The summed E-state index contributed by atoms with van der Waals surface area (Å²) in [5.74, 6) is -1.34. The van der Waals surface area contributed by atoms with Gasteiger partial charge in [0.2, 0.25) is 6.29 Å². The molecule has 2 heterocycles. The Morgan fingerprint density at radius 2 is 1.57 bits per heavy atom. The lowest BCUT2D eigenvalue weighted by Crippen LogP contribution is -2.61. The van der Waals surface area contributed by atoms with Crippen LogP contribution in [0.25, 0.3) is 28.7 Å². The second kappa shape index (κ2) is 11.9. The molecule has 12 nitrogen and oxygen atoms in total. The summed E-state index contributed by atoms with van der Waals surface area (Å²) in [5.41, 5.74) is 0.538. The highest BCUT2D eigenvalue weighted by molar-refractivity contribution is 5.87. The molecule has 0 saturated carbocycles. The maximum atomic E-state index is 12.6. The zero-order chi connectivity index (χ0) is 30.0. The van der Waals surface area contributed by atoms with Crippen molar-refractivity contribution in [2.24, 2.45) is 0 Å². The molecule has 1 aliphatic carbocycles. The number of carbonyl (C=O) groups is 1. The van der Waals surface area contributed by atoms with Gasteiger partial charge in [-0.2, -0.15) is 0 Å². The molecule has 3 aliphatic rings. The van der Waals surface area contributed by atoms with Gasteiger partial charge in [-0.05, 0) is 54.1 Å². The predicted octanol–water partition coefficient (Wildman–Crippen LogP) is 1.97. The lowest BCUT2D eigenvalue weighted by atomic mass is 9.99. The molecular weight excluding hydrogens is 552 g/mol. The van der Waals surface area contributed by atoms with E-state index < -0.39 is 54.5 Å². The van der Waals surface area contributed by atoms with Gasteiger partial charge >= 0.3 is 5.97 Å². The fraction of sp³-hybridized carbons (Fsp3) is 0.200. The van der Waals surface area contributed by atoms with Crippen LogP contribution in [0.4, 0.5) is 0 Å². The Kier molecular flexibility index (Phi) is 8.13. The van der Waals surface area contributed by atoms with Gasteiger partial charge in [-0.1, -0.05) is 12.1 Å². The molecule has 0 bridgehead atoms. The Morgan fingerprint density at radius 1 is 0.905 bits per heavy atom. The average Bonchev–Trinajstić information content (AvgIpc) is 2.97. The number of rotatable bonds is 7. The maximum absolute atomic E-state index is 12.6. The third-order valence-corrected chi connectivity index (χ3v) is 6.56. The van der Waals surface area contributed by atoms with Crippen LogP contribution in [-0.4, -0.2) is 73.9 Å². The monoisotopic (exact) mass is 578 g/mol. The lowest BCUT2D eigenvalue weighted by molar-refractivity contribution is -0.280. The minimum Gasteiger partial charge on any atom is -0.508 e. The number of benzene rings is 3. The first kappa shape index (κ1) is 28.6. The molecular formula is C30H26O12. The van der Waals surface area contributed by atoms with Crippen LogP contribution < -0.4 is 10.2 Å². The van der Waals surface area contributed by atoms with Crippen LogP contribution in [0.3, 0.4) is 0 Å². The van der Waals surface area contributed by atoms with Crippen LogP contribution >= 0.6 is 0 Å². The number of fused-ring (bicyclic) bond motifs is 1. The van der Waals surface area contributed by atoms with Gasteiger partial charge in [0, 0.05) is 23.8 Å². The second-order valence-electron chi connectivity index (χ2n) is 9.49. The molecule has 42 heavy (non-hydrogen) atoms. The summed E-state index contributed by atoms with van der Waals surface area (Å²) < 4.78 is 22.7. The van der Waals surface area contributed by atoms with Crippen molar-refractivity contribution in [3.05, 3.63) is 88.6 Å². The molecule has 1 fully saturated rings. The summed E-state index contributed by atoms with van der Waals surface area (Å²) in [6, 6.07) is 15.2. The van der Waals surface area contributed by atoms with Crippen LogP contribution in [0.2, 0.25) is 0 Å². The summed E-state index contributed by atoms with van der Waals surface area (Å²) in [6.07, 6.45) is -5.48. The number of carbonyl (C=O) groups excluding carboxylic acids is 1. The van der Waals surface area contributed by atoms with E-state index in [0.29, 0.717) is 11.1 Å². The van der Waals surface area contributed by atoms with E-state index in [4.69, 9.17) is 18.6 Å². The number of aliphatic hydroxyl groups excluding tert-OH is 3. The number of esters is 1. The maximum Gasteiger partial charge on any atom is 0.331 e. The van der Waals surface area contributed by atoms with Crippen molar-refractivity contribution in [3.63, 3.8) is 0 Å². The molecule has 0 amide bonds. The highest BCUT2D eigenvalue weighted by Crippen LogP contribution is 2.41. The molecule has 2 aromatic carbocycles. The second-order valence-corrected chi connectivity index (χ2v) is 9.49. The summed E-state index contributed by atoms with van der Waals surface area (Å²) >= 11 is 0. The van der Waals surface area contributed by atoms with E-state index in [-0.39, 0.29) is 34.3 Å². The third kappa shape index (κ3) is 6.06. The van der Waals surface area contributed by atoms with Gasteiger partial charge in [-0.15, -0.1) is 0 Å². The van der Waals surface area contributed by atoms with Crippen molar-refractivity contribution in [2.75, 3.05) is 6.61 Å². The molecule has 5 atom stereocenters. The Balaban J connectivity index is 1.46. The SMILES string of the molecule is O=C(C=Cc1ccc(O)cc1)O[C@@H]1[C@@H](O)[C@H](Oc2cc3c(O)cc(=O)cc-3oc2-c2ccc(O)cc2)O[C@H](CO)[C@H]1O. The quantitative estimate of drug-likeness (QED) is 0.138. The molecule has 0 radical (unpaired) electrons. The molecule has 6 N–H and O–H groups in total. The normalized spacial score (nSPS) is 22.3. The largest absolute Gasteiger partial charge is 0.508 e. The fourth-order valence-electron chi connectivity index (χ4n) is 4.41. The smallest absolute Gasteiger partial charge is 0.331 e. The molecule has 12 heteroatoms. The fourth-order valence-corrected chi connectivity index (χ4v) is 4.41. The molecule has 2 aromatic rings. The van der Waals surface area contributed by atoms with Crippen LogP contribution in [-0.2, 0) is 14.3 Å². The summed E-state index contributed by atoms with van der Waals surface area (Å²) in [6.45, 7) is -0.717. The summed E-state index contributed by atoms with van der Waals surface area (Å²) in [5, 5.41) is 61.0. The van der Waals surface area contributed by atoms with Gasteiger partial charge in [-0.25, -0.2) is 4.79 Å². The first-order valence-electron chi connectivity index (χ1n) is 12.7. The van der Waals surface area contributed by atoms with E-state index in [1.807, 2.05) is 0 Å². The van der Waals surface area contributed by atoms with E-state index >= 15 is 0 Å². The Labute approximate surface area is 237 Å². The number of aromatic hydroxyl groups is 3. The number of hydrogen-bond donors (Lipinski definition) is 6. The van der Waals surface area contributed by atoms with Crippen LogP contribution in [0.1, 0.15) is 5.56 Å². The summed E-state index contributed by atoms with van der Waals surface area (Å²) in [7, 11) is 0. The lowest BCUT2D eigenvalue weighted by Gasteiger charge is -2.41. The number of phenols is 3. The van der Waals surface area contributed by atoms with E-state index in [0.717, 1.165) is 18.2 Å². The van der Waals surface area contributed by atoms with Gasteiger partial charge in [0.15, 0.2) is 29.1 Å². The number of aliphatic hydroxyl groups is 3. The Hall–Kier alpha value is -4.88. The molecule has 5 rings (SSSR count). The van der Waals surface area contributed by atoms with Gasteiger partial charge in [0.1, 0.15) is 35.2 Å². The van der Waals surface area contributed by atoms with Crippen molar-refractivity contribution in [1.82, 2.24) is 0 Å². The minimum absolute atomic E-state index is 0.0245. The third-order valence-electron chi connectivity index (χ3n) is 6.56. The first-order valence-corrected chi connectivity index (χ1v) is 12.7. The highest BCUT2D eigenvalue weighted by atomic mass is 16.7. The van der Waals surface area contributed by atoms with Crippen LogP contribution in [0.5, 0.6) is 23.0 Å². The van der Waals surface area contributed by atoms with Crippen LogP contribution in [0.15, 0.2) is 82.0 Å². The molecule has 0 unspecified atom stereocenters. The highest BCUT2D eigenvalue weighted by Gasteiger charge is 2.48. The first-order chi connectivity index (χ1) is 20.1. The van der Waals surface area contributed by atoms with Crippen molar-refractivity contribution >= 4 is 12.0 Å². The Morgan fingerprint density at radius 3 is 2.24 bits per heavy atom. The van der Waals surface area contributed by atoms with Crippen molar-refractivity contribution in [2.45, 2.75) is 30.7 Å². The van der Waals surface area contributed by atoms with Crippen LogP contribution in [0, 0.1) is 0 Å². The zero-order valence-corrected chi connectivity index (χ0v) is 21.7. The van der Waals surface area contributed by atoms with Crippen molar-refractivity contribution in [3.8, 4) is 45.6 Å². The van der Waals surface area contributed by atoms with Crippen molar-refractivity contribution < 1.29 is 54.1 Å². The summed E-state index contributed by atoms with van der Waals surface area (Å²) in [4.78, 5) is 24.5. The van der Waals surface area contributed by atoms with E-state index in [9.17, 15) is 40.2 Å². The number of ether oxygens (including phenoxy) is 3. The van der Waals surface area contributed by atoms with Gasteiger partial charge < -0.3 is 49.3 Å². The molecule has 2 aliphatic heterocycles. The number of hydrogen-bond acceptors (Lipinski definition) is 12. The predicted molar refractivity (Wildman–Crippen MR) is 146 cm³/mol. The standard InChI is InChI=1S/C30H26O12/c31-14-24-26(37)29(42-25(36)10-3-15-1-6-17(32)7-2-15)27(38)30(41-24)40-23-13-20-21(35)11-19(34)12-22(20)39-28(23)16-4-8-18(33)9-5-16/h1-13,24,26-27,29-33,35,37-38H,14H2/t24-,26-,27-,29+,30-/m1/s1. The van der Waals surface area contributed by atoms with Gasteiger partial charge in [-0.3, -0.25) is 4.79 Å². The van der Waals surface area contributed by atoms with Gasteiger partial charge in [0.25, 0.3) is 0 Å². The van der Waals surface area contributed by atoms with Crippen molar-refractivity contribution in [1.29, 1.82) is 0 Å². The van der Waals surface area contributed by atoms with E-state index in [2.05, 4.69) is 0 Å². The average molecular weight is 579 g/mol. The topological polar surface area (TPSA) is 196 Å². The molecule has 0 spiro atoms. The number of phenolic OH excluding ortho intramolecular Hbond substituents is 3. The zero-order valence-electron chi connectivity index (χ0n) is 21.7. The molecule has 218 valence electrons. The van der Waals surface area contributed by atoms with E-state index in [1.54, 1.807) is 12.1 Å². The Bertz CT molecular complexity index is 1610. The van der Waals surface area contributed by atoms with Gasteiger partial charge in [0.05, 0.1) is 12.2 Å². The minimum atomic E-state index is -1.77. The molecule has 1 saturated heterocycles.